The molecule has 0 atom stereocenters. The van der Waals surface area contributed by atoms with Gasteiger partial charge in [0.1, 0.15) is 0 Å². The molecule has 26 heavy (non-hydrogen) atoms. The summed E-state index contributed by atoms with van der Waals surface area (Å²) < 4.78 is 16.3. The lowest BCUT2D eigenvalue weighted by molar-refractivity contribution is 0.0203. The fourth-order valence-electron chi connectivity index (χ4n) is 2.72. The van der Waals surface area contributed by atoms with E-state index in [1.165, 1.54) is 0 Å². The van der Waals surface area contributed by atoms with Gasteiger partial charge in [-0.1, -0.05) is 0 Å². The van der Waals surface area contributed by atoms with Crippen LogP contribution in [0.3, 0.4) is 0 Å². The van der Waals surface area contributed by atoms with Crippen molar-refractivity contribution >= 4 is 5.96 Å². The zero-order valence-electron chi connectivity index (χ0n) is 16.0. The summed E-state index contributed by atoms with van der Waals surface area (Å²) in [6, 6.07) is 3.84. The van der Waals surface area contributed by atoms with Gasteiger partial charge in [-0.25, -0.2) is 9.98 Å². The van der Waals surface area contributed by atoms with Gasteiger partial charge in [-0.15, -0.1) is 0 Å². The van der Waals surface area contributed by atoms with Gasteiger partial charge in [0.15, 0.2) is 5.96 Å². The van der Waals surface area contributed by atoms with Gasteiger partial charge in [0.25, 0.3) is 0 Å². The number of aromatic nitrogens is 1. The molecule has 0 bridgehead atoms. The Morgan fingerprint density at radius 1 is 1.35 bits per heavy atom. The summed E-state index contributed by atoms with van der Waals surface area (Å²) in [7, 11) is 1.62. The lowest BCUT2D eigenvalue weighted by Gasteiger charge is -2.21. The number of nitrogens with one attached hydrogen (secondary N) is 2. The zero-order chi connectivity index (χ0) is 18.5. The molecule has 2 rings (SSSR count). The summed E-state index contributed by atoms with van der Waals surface area (Å²) in [5.41, 5.74) is 1.06. The molecule has 1 aliphatic rings. The average molecular weight is 364 g/mol. The maximum atomic E-state index is 5.79. The van der Waals surface area contributed by atoms with E-state index >= 15 is 0 Å². The second-order valence-electron chi connectivity index (χ2n) is 6.31. The Kier molecular flexibility index (Phi) is 9.82. The molecule has 7 nitrogen and oxygen atoms in total. The lowest BCUT2D eigenvalue weighted by atomic mass is 10.0. The third-order valence-electron chi connectivity index (χ3n) is 4.22. The van der Waals surface area contributed by atoms with Crippen molar-refractivity contribution in [3.63, 3.8) is 0 Å². The number of rotatable bonds is 10. The molecule has 7 heteroatoms. The Morgan fingerprint density at radius 3 is 2.96 bits per heavy atom. The van der Waals surface area contributed by atoms with Crippen molar-refractivity contribution < 1.29 is 14.2 Å². The number of hydrogen-bond donors (Lipinski definition) is 2. The van der Waals surface area contributed by atoms with E-state index in [0.717, 1.165) is 70.3 Å². The summed E-state index contributed by atoms with van der Waals surface area (Å²) >= 11 is 0. The number of hydrogen-bond acceptors (Lipinski definition) is 5. The highest BCUT2D eigenvalue weighted by Gasteiger charge is 2.13. The first-order valence-corrected chi connectivity index (χ1v) is 9.48. The van der Waals surface area contributed by atoms with E-state index < -0.39 is 0 Å². The summed E-state index contributed by atoms with van der Waals surface area (Å²) in [6.07, 6.45) is 4.93. The van der Waals surface area contributed by atoms with Crippen LogP contribution in [0.4, 0.5) is 0 Å². The van der Waals surface area contributed by atoms with Gasteiger partial charge >= 0.3 is 0 Å². The van der Waals surface area contributed by atoms with Crippen molar-refractivity contribution in [3.8, 4) is 5.88 Å². The van der Waals surface area contributed by atoms with Crippen LogP contribution in [-0.2, 0) is 16.0 Å². The highest BCUT2D eigenvalue weighted by Crippen LogP contribution is 2.14. The molecule has 1 aromatic rings. The van der Waals surface area contributed by atoms with Gasteiger partial charge in [-0.3, -0.25) is 0 Å². The molecule has 0 radical (unpaired) electrons. The number of aliphatic imine (C=N–C) groups is 1. The SMILES string of the molecule is CCNC(=NCc1ccnc(OC)c1)NCCCOCC1CCOCC1. The van der Waals surface area contributed by atoms with Crippen molar-refractivity contribution in [1.29, 1.82) is 0 Å². The van der Waals surface area contributed by atoms with Crippen LogP contribution < -0.4 is 15.4 Å². The van der Waals surface area contributed by atoms with Crippen LogP contribution in [0, 0.1) is 5.92 Å². The fraction of sp³-hybridized carbons (Fsp3) is 0.684. The minimum atomic E-state index is 0.578. The van der Waals surface area contributed by atoms with Crippen molar-refractivity contribution in [2.24, 2.45) is 10.9 Å². The molecule has 0 spiro atoms. The first-order valence-electron chi connectivity index (χ1n) is 9.48. The molecular formula is C19H32N4O3. The molecule has 0 amide bonds. The average Bonchev–Trinajstić information content (AvgIpc) is 2.69. The molecule has 0 saturated carbocycles. The summed E-state index contributed by atoms with van der Waals surface area (Å²) in [5.74, 6) is 2.08. The highest BCUT2D eigenvalue weighted by atomic mass is 16.5. The van der Waals surface area contributed by atoms with Crippen molar-refractivity contribution in [1.82, 2.24) is 15.6 Å². The predicted molar refractivity (Wildman–Crippen MR) is 103 cm³/mol. The number of ether oxygens (including phenoxy) is 3. The monoisotopic (exact) mass is 364 g/mol. The summed E-state index contributed by atoms with van der Waals surface area (Å²) in [4.78, 5) is 8.72. The van der Waals surface area contributed by atoms with E-state index in [1.807, 2.05) is 12.1 Å². The zero-order valence-corrected chi connectivity index (χ0v) is 16.0. The summed E-state index contributed by atoms with van der Waals surface area (Å²) in [6.45, 7) is 7.67. The minimum Gasteiger partial charge on any atom is -0.481 e. The molecular weight excluding hydrogens is 332 g/mol. The number of pyridine rings is 1. The van der Waals surface area contributed by atoms with Crippen LogP contribution in [0.15, 0.2) is 23.3 Å². The quantitative estimate of drug-likeness (QED) is 0.376. The maximum absolute atomic E-state index is 5.79. The molecule has 0 aromatic carbocycles. The molecule has 0 unspecified atom stereocenters. The number of guanidine groups is 1. The number of methoxy groups -OCH3 is 1. The molecule has 1 aromatic heterocycles. The third kappa shape index (κ3) is 8.01. The number of nitrogens with zero attached hydrogens (tertiary/aromatic N) is 2. The molecule has 1 saturated heterocycles. The van der Waals surface area contributed by atoms with E-state index in [2.05, 4.69) is 27.5 Å². The highest BCUT2D eigenvalue weighted by molar-refractivity contribution is 5.79. The Labute approximate surface area is 156 Å². The molecule has 2 heterocycles. The van der Waals surface area contributed by atoms with E-state index in [-0.39, 0.29) is 0 Å². The van der Waals surface area contributed by atoms with E-state index in [9.17, 15) is 0 Å². The maximum Gasteiger partial charge on any atom is 0.213 e. The topological polar surface area (TPSA) is 77.0 Å². The summed E-state index contributed by atoms with van der Waals surface area (Å²) in [5, 5.41) is 6.61. The van der Waals surface area contributed by atoms with Gasteiger partial charge in [-0.05, 0) is 43.7 Å². The standard InChI is InChI=1S/C19H32N4O3/c1-3-20-19(23-14-17-5-9-21-18(13-17)24-2)22-8-4-10-26-15-16-6-11-25-12-7-16/h5,9,13,16H,3-4,6-8,10-12,14-15H2,1-2H3,(H2,20,22,23). The van der Waals surface area contributed by atoms with Crippen LogP contribution in [0.5, 0.6) is 5.88 Å². The Hall–Kier alpha value is -1.86. The second kappa shape index (κ2) is 12.5. The Morgan fingerprint density at radius 2 is 2.19 bits per heavy atom. The Bertz CT molecular complexity index is 533. The third-order valence-corrected chi connectivity index (χ3v) is 4.22. The molecule has 0 aliphatic carbocycles. The minimum absolute atomic E-state index is 0.578. The van der Waals surface area contributed by atoms with Crippen molar-refractivity contribution in [3.05, 3.63) is 23.9 Å². The van der Waals surface area contributed by atoms with Gasteiger partial charge in [0.2, 0.25) is 5.88 Å². The van der Waals surface area contributed by atoms with E-state index in [4.69, 9.17) is 14.2 Å². The van der Waals surface area contributed by atoms with Crippen LogP contribution >= 0.6 is 0 Å². The van der Waals surface area contributed by atoms with Gasteiger partial charge in [0, 0.05) is 51.8 Å². The normalized spacial score (nSPS) is 15.7. The van der Waals surface area contributed by atoms with E-state index in [0.29, 0.717) is 18.3 Å². The van der Waals surface area contributed by atoms with Gasteiger partial charge in [0.05, 0.1) is 13.7 Å². The smallest absolute Gasteiger partial charge is 0.213 e. The first-order chi connectivity index (χ1) is 12.8. The van der Waals surface area contributed by atoms with Crippen LogP contribution in [-0.4, -0.2) is 57.6 Å². The van der Waals surface area contributed by atoms with Crippen molar-refractivity contribution in [2.45, 2.75) is 32.7 Å². The van der Waals surface area contributed by atoms with E-state index in [1.54, 1.807) is 13.3 Å². The molecule has 1 aliphatic heterocycles. The predicted octanol–water partition coefficient (Wildman–Crippen LogP) is 1.98. The Balaban J connectivity index is 1.64. The van der Waals surface area contributed by atoms with Crippen LogP contribution in [0.2, 0.25) is 0 Å². The molecule has 2 N–H and O–H groups in total. The fourth-order valence-corrected chi connectivity index (χ4v) is 2.72. The van der Waals surface area contributed by atoms with Crippen molar-refractivity contribution in [2.75, 3.05) is 46.6 Å². The molecule has 146 valence electrons. The van der Waals surface area contributed by atoms with Gasteiger partial charge < -0.3 is 24.8 Å². The van der Waals surface area contributed by atoms with Crippen LogP contribution in [0.25, 0.3) is 0 Å². The largest absolute Gasteiger partial charge is 0.481 e. The molecule has 1 fully saturated rings. The second-order valence-corrected chi connectivity index (χ2v) is 6.31. The lowest BCUT2D eigenvalue weighted by Crippen LogP contribution is -2.38. The van der Waals surface area contributed by atoms with Crippen LogP contribution in [0.1, 0.15) is 31.7 Å². The first kappa shape index (κ1) is 20.5. The van der Waals surface area contributed by atoms with Gasteiger partial charge in [-0.2, -0.15) is 0 Å².